The Kier molecular flexibility index (Phi) is 2.99. The number of benzene rings is 2. The first-order valence-electron chi connectivity index (χ1n) is 7.17. The van der Waals surface area contributed by atoms with Crippen molar-refractivity contribution in [2.24, 2.45) is 4.99 Å². The molecule has 2 aliphatic heterocycles. The Morgan fingerprint density at radius 1 is 1.18 bits per heavy atom. The SMILES string of the molecule is OC1(c2ccc(F)cc2)Cc2cc(Cl)ccc2C2=NCCN21. The van der Waals surface area contributed by atoms with Crippen molar-refractivity contribution in [2.45, 2.75) is 12.1 Å². The van der Waals surface area contributed by atoms with Crippen LogP contribution in [0.5, 0.6) is 0 Å². The molecule has 0 radical (unpaired) electrons. The van der Waals surface area contributed by atoms with Gasteiger partial charge >= 0.3 is 0 Å². The highest BCUT2D eigenvalue weighted by Gasteiger charge is 2.45. The molecule has 2 aliphatic rings. The van der Waals surface area contributed by atoms with E-state index in [1.54, 1.807) is 12.1 Å². The molecule has 4 rings (SSSR count). The third kappa shape index (κ3) is 1.95. The summed E-state index contributed by atoms with van der Waals surface area (Å²) in [5, 5.41) is 12.0. The van der Waals surface area contributed by atoms with Gasteiger partial charge in [-0.15, -0.1) is 0 Å². The molecule has 0 saturated carbocycles. The normalized spacial score (nSPS) is 23.0. The Hall–Kier alpha value is -1.91. The Morgan fingerprint density at radius 3 is 2.73 bits per heavy atom. The highest BCUT2D eigenvalue weighted by molar-refractivity contribution is 6.30. The third-order valence-corrected chi connectivity index (χ3v) is 4.57. The van der Waals surface area contributed by atoms with E-state index in [1.165, 1.54) is 12.1 Å². The largest absolute Gasteiger partial charge is 0.366 e. The van der Waals surface area contributed by atoms with Gasteiger partial charge in [0.1, 0.15) is 11.7 Å². The lowest BCUT2D eigenvalue weighted by Gasteiger charge is -2.43. The van der Waals surface area contributed by atoms with Crippen molar-refractivity contribution in [1.82, 2.24) is 4.90 Å². The maximum absolute atomic E-state index is 13.2. The van der Waals surface area contributed by atoms with Gasteiger partial charge in [0.05, 0.1) is 6.54 Å². The molecular weight excluding hydrogens is 303 g/mol. The maximum Gasteiger partial charge on any atom is 0.169 e. The Balaban J connectivity index is 1.88. The van der Waals surface area contributed by atoms with E-state index in [4.69, 9.17) is 11.6 Å². The molecule has 0 bridgehead atoms. The van der Waals surface area contributed by atoms with Crippen LogP contribution in [0.15, 0.2) is 47.5 Å². The Morgan fingerprint density at radius 2 is 1.95 bits per heavy atom. The molecule has 112 valence electrons. The van der Waals surface area contributed by atoms with Gasteiger partial charge in [-0.05, 0) is 35.9 Å². The number of aliphatic hydroxyl groups is 1. The van der Waals surface area contributed by atoms with Crippen molar-refractivity contribution in [3.8, 4) is 0 Å². The molecule has 0 saturated heterocycles. The van der Waals surface area contributed by atoms with Crippen molar-refractivity contribution in [3.05, 3.63) is 70.0 Å². The molecule has 0 amide bonds. The number of nitrogens with zero attached hydrogens (tertiary/aromatic N) is 2. The van der Waals surface area contributed by atoms with Crippen LogP contribution in [-0.2, 0) is 12.1 Å². The molecule has 0 fully saturated rings. The van der Waals surface area contributed by atoms with Gasteiger partial charge < -0.3 is 10.0 Å². The van der Waals surface area contributed by atoms with Crippen molar-refractivity contribution >= 4 is 17.4 Å². The van der Waals surface area contributed by atoms with Gasteiger partial charge in [-0.3, -0.25) is 4.99 Å². The van der Waals surface area contributed by atoms with Crippen molar-refractivity contribution in [3.63, 3.8) is 0 Å². The summed E-state index contributed by atoms with van der Waals surface area (Å²) in [6.45, 7) is 1.28. The molecule has 0 spiro atoms. The zero-order chi connectivity index (χ0) is 15.3. The first-order valence-corrected chi connectivity index (χ1v) is 7.55. The van der Waals surface area contributed by atoms with Gasteiger partial charge in [0, 0.05) is 29.1 Å². The fourth-order valence-electron chi connectivity index (χ4n) is 3.30. The van der Waals surface area contributed by atoms with E-state index in [9.17, 15) is 9.50 Å². The highest BCUT2D eigenvalue weighted by atomic mass is 35.5. The van der Waals surface area contributed by atoms with E-state index >= 15 is 0 Å². The summed E-state index contributed by atoms with van der Waals surface area (Å²) in [6, 6.07) is 11.6. The van der Waals surface area contributed by atoms with E-state index < -0.39 is 5.72 Å². The van der Waals surface area contributed by atoms with Crippen LogP contribution in [0, 0.1) is 5.82 Å². The molecule has 1 unspecified atom stereocenters. The van der Waals surface area contributed by atoms with E-state index in [1.807, 2.05) is 23.1 Å². The van der Waals surface area contributed by atoms with E-state index in [0.29, 0.717) is 30.1 Å². The number of hydrogen-bond acceptors (Lipinski definition) is 3. The Labute approximate surface area is 132 Å². The lowest BCUT2D eigenvalue weighted by molar-refractivity contribution is -0.0745. The first-order chi connectivity index (χ1) is 10.6. The predicted octanol–water partition coefficient (Wildman–Crippen LogP) is 2.94. The number of rotatable bonds is 1. The molecule has 2 heterocycles. The van der Waals surface area contributed by atoms with Gasteiger partial charge in [-0.2, -0.15) is 0 Å². The monoisotopic (exact) mass is 316 g/mol. The lowest BCUT2D eigenvalue weighted by atomic mass is 9.86. The van der Waals surface area contributed by atoms with Gasteiger partial charge in [-0.25, -0.2) is 4.39 Å². The molecule has 5 heteroatoms. The van der Waals surface area contributed by atoms with Gasteiger partial charge in [0.25, 0.3) is 0 Å². The molecule has 2 aromatic carbocycles. The summed E-state index contributed by atoms with van der Waals surface area (Å²) >= 11 is 6.09. The minimum Gasteiger partial charge on any atom is -0.366 e. The molecule has 0 aliphatic carbocycles. The van der Waals surface area contributed by atoms with Gasteiger partial charge in [-0.1, -0.05) is 23.7 Å². The fraction of sp³-hybridized carbons (Fsp3) is 0.235. The number of amidine groups is 1. The second kappa shape index (κ2) is 4.80. The van der Waals surface area contributed by atoms with Gasteiger partial charge in [0.2, 0.25) is 0 Å². The second-order valence-electron chi connectivity index (χ2n) is 5.66. The van der Waals surface area contributed by atoms with Crippen molar-refractivity contribution in [2.75, 3.05) is 13.1 Å². The number of hydrogen-bond donors (Lipinski definition) is 1. The van der Waals surface area contributed by atoms with E-state index in [-0.39, 0.29) is 5.82 Å². The summed E-state index contributed by atoms with van der Waals surface area (Å²) in [5.74, 6) is 0.464. The van der Waals surface area contributed by atoms with Crippen LogP contribution in [0.3, 0.4) is 0 Å². The standard InChI is InChI=1S/C17H14ClFN2O/c18-13-3-6-15-11(9-13)10-17(22,21-8-7-20-16(15)21)12-1-4-14(19)5-2-12/h1-6,9,22H,7-8,10H2. The van der Waals surface area contributed by atoms with Crippen LogP contribution in [0.2, 0.25) is 5.02 Å². The minimum absolute atomic E-state index is 0.318. The summed E-state index contributed by atoms with van der Waals surface area (Å²) in [4.78, 5) is 6.43. The summed E-state index contributed by atoms with van der Waals surface area (Å²) in [6.07, 6.45) is 0.396. The molecule has 2 aromatic rings. The van der Waals surface area contributed by atoms with E-state index in [2.05, 4.69) is 4.99 Å². The summed E-state index contributed by atoms with van der Waals surface area (Å²) in [5.41, 5.74) is 1.40. The number of aliphatic imine (C=N–C) groups is 1. The molecule has 22 heavy (non-hydrogen) atoms. The maximum atomic E-state index is 13.2. The minimum atomic E-state index is -1.22. The summed E-state index contributed by atoms with van der Waals surface area (Å²) in [7, 11) is 0. The van der Waals surface area contributed by atoms with Crippen LogP contribution in [0.25, 0.3) is 0 Å². The molecule has 0 aromatic heterocycles. The van der Waals surface area contributed by atoms with Crippen molar-refractivity contribution in [1.29, 1.82) is 0 Å². The third-order valence-electron chi connectivity index (χ3n) is 4.34. The van der Waals surface area contributed by atoms with Gasteiger partial charge in [0.15, 0.2) is 5.72 Å². The average molecular weight is 317 g/mol. The number of halogens is 2. The zero-order valence-corrected chi connectivity index (χ0v) is 12.5. The van der Waals surface area contributed by atoms with Crippen LogP contribution in [-0.4, -0.2) is 28.9 Å². The smallest absolute Gasteiger partial charge is 0.169 e. The zero-order valence-electron chi connectivity index (χ0n) is 11.8. The van der Waals surface area contributed by atoms with Crippen LogP contribution < -0.4 is 0 Å². The first kappa shape index (κ1) is 13.7. The van der Waals surface area contributed by atoms with E-state index in [0.717, 1.165) is 17.0 Å². The van der Waals surface area contributed by atoms with Crippen LogP contribution in [0.1, 0.15) is 16.7 Å². The second-order valence-corrected chi connectivity index (χ2v) is 6.10. The molecule has 1 N–H and O–H groups in total. The highest BCUT2D eigenvalue weighted by Crippen LogP contribution is 2.39. The molecule has 3 nitrogen and oxygen atoms in total. The lowest BCUT2D eigenvalue weighted by Crippen LogP contribution is -2.53. The quantitative estimate of drug-likeness (QED) is 0.878. The molecular formula is C17H14ClFN2O. The fourth-order valence-corrected chi connectivity index (χ4v) is 3.49. The van der Waals surface area contributed by atoms with Crippen molar-refractivity contribution < 1.29 is 9.50 Å². The average Bonchev–Trinajstić information content (AvgIpc) is 2.98. The molecule has 1 atom stereocenters. The topological polar surface area (TPSA) is 35.8 Å². The predicted molar refractivity (Wildman–Crippen MR) is 83.6 cm³/mol. The Bertz CT molecular complexity index is 775. The van der Waals surface area contributed by atoms with Crippen LogP contribution >= 0.6 is 11.6 Å². The number of fused-ring (bicyclic) bond motifs is 3. The summed E-state index contributed by atoms with van der Waals surface area (Å²) < 4.78 is 13.2. The van der Waals surface area contributed by atoms with Crippen LogP contribution in [0.4, 0.5) is 4.39 Å².